The molecular weight excluding hydrogens is 231 g/mol. The summed E-state index contributed by atoms with van der Waals surface area (Å²) in [6.07, 6.45) is -4.44. The van der Waals surface area contributed by atoms with E-state index in [1.54, 1.807) is 13.0 Å². The van der Waals surface area contributed by atoms with Gasteiger partial charge in [-0.3, -0.25) is 0 Å². The Morgan fingerprint density at radius 1 is 1.47 bits per heavy atom. The molecule has 1 aromatic rings. The predicted octanol–water partition coefficient (Wildman–Crippen LogP) is 2.34. The topological polar surface area (TPSA) is 61.8 Å². The molecule has 0 aliphatic rings. The Hall–Kier alpha value is -1.74. The van der Waals surface area contributed by atoms with Crippen molar-refractivity contribution in [3.63, 3.8) is 0 Å². The molecule has 0 saturated carbocycles. The molecule has 0 aromatic heterocycles. The summed E-state index contributed by atoms with van der Waals surface area (Å²) < 4.78 is 37.2. The zero-order valence-electron chi connectivity index (χ0n) is 9.17. The van der Waals surface area contributed by atoms with E-state index in [4.69, 9.17) is 11.0 Å². The molecule has 17 heavy (non-hydrogen) atoms. The number of hydrogen-bond donors (Lipinski definition) is 2. The highest BCUT2D eigenvalue weighted by molar-refractivity contribution is 5.59. The first-order valence-corrected chi connectivity index (χ1v) is 4.95. The normalized spacial score (nSPS) is 12.9. The molecule has 92 valence electrons. The van der Waals surface area contributed by atoms with E-state index in [1.807, 2.05) is 0 Å². The van der Waals surface area contributed by atoms with Gasteiger partial charge >= 0.3 is 6.18 Å². The van der Waals surface area contributed by atoms with Crippen LogP contribution in [-0.2, 0) is 6.18 Å². The second-order valence-corrected chi connectivity index (χ2v) is 3.73. The molecule has 1 rings (SSSR count). The van der Waals surface area contributed by atoms with Crippen LogP contribution in [0.25, 0.3) is 0 Å². The number of rotatable bonds is 3. The van der Waals surface area contributed by atoms with E-state index in [1.165, 1.54) is 6.07 Å². The Balaban J connectivity index is 2.99. The molecule has 0 bridgehead atoms. The van der Waals surface area contributed by atoms with Gasteiger partial charge < -0.3 is 11.1 Å². The van der Waals surface area contributed by atoms with Crippen molar-refractivity contribution in [1.29, 1.82) is 5.26 Å². The first-order chi connectivity index (χ1) is 7.84. The second kappa shape index (κ2) is 5.06. The Labute approximate surface area is 97.0 Å². The number of nitriles is 1. The van der Waals surface area contributed by atoms with Crippen LogP contribution >= 0.6 is 0 Å². The minimum Gasteiger partial charge on any atom is -0.382 e. The maximum atomic E-state index is 12.4. The second-order valence-electron chi connectivity index (χ2n) is 3.73. The Morgan fingerprint density at radius 2 is 2.12 bits per heavy atom. The Bertz CT molecular complexity index is 433. The summed E-state index contributed by atoms with van der Waals surface area (Å²) in [5.41, 5.74) is 4.99. The van der Waals surface area contributed by atoms with Crippen molar-refractivity contribution in [1.82, 2.24) is 0 Å². The van der Waals surface area contributed by atoms with Crippen LogP contribution in [-0.4, -0.2) is 12.6 Å². The van der Waals surface area contributed by atoms with Gasteiger partial charge in [0.1, 0.15) is 6.07 Å². The molecule has 0 aliphatic carbocycles. The molecule has 3 N–H and O–H groups in total. The van der Waals surface area contributed by atoms with E-state index in [0.29, 0.717) is 12.2 Å². The summed E-state index contributed by atoms with van der Waals surface area (Å²) >= 11 is 0. The van der Waals surface area contributed by atoms with Crippen LogP contribution in [0.15, 0.2) is 18.2 Å². The quantitative estimate of drug-likeness (QED) is 0.856. The average Bonchev–Trinajstić information content (AvgIpc) is 2.24. The van der Waals surface area contributed by atoms with E-state index in [0.717, 1.165) is 12.1 Å². The van der Waals surface area contributed by atoms with E-state index < -0.39 is 11.7 Å². The Kier molecular flexibility index (Phi) is 3.97. The fourth-order valence-corrected chi connectivity index (χ4v) is 1.24. The smallest absolute Gasteiger partial charge is 0.382 e. The number of nitrogens with zero attached hydrogens (tertiary/aromatic N) is 1. The van der Waals surface area contributed by atoms with Crippen LogP contribution < -0.4 is 11.1 Å². The zero-order valence-corrected chi connectivity index (χ0v) is 9.17. The fraction of sp³-hybridized carbons (Fsp3) is 0.364. The third-order valence-electron chi connectivity index (χ3n) is 2.08. The molecule has 1 unspecified atom stereocenters. The zero-order chi connectivity index (χ0) is 13.1. The number of nitrogens with one attached hydrogen (secondary N) is 1. The number of alkyl halides is 3. The highest BCUT2D eigenvalue weighted by Crippen LogP contribution is 2.31. The molecule has 6 heteroatoms. The summed E-state index contributed by atoms with van der Waals surface area (Å²) in [5.74, 6) is 0. The molecule has 0 fully saturated rings. The van der Waals surface area contributed by atoms with Crippen LogP contribution in [0.5, 0.6) is 0 Å². The van der Waals surface area contributed by atoms with Crippen LogP contribution in [0, 0.1) is 11.3 Å². The summed E-state index contributed by atoms with van der Waals surface area (Å²) in [6.45, 7) is 2.14. The van der Waals surface area contributed by atoms with Crippen molar-refractivity contribution in [3.8, 4) is 6.07 Å². The lowest BCUT2D eigenvalue weighted by Gasteiger charge is -2.12. The molecule has 1 aromatic carbocycles. The van der Waals surface area contributed by atoms with E-state index in [9.17, 15) is 13.2 Å². The highest BCUT2D eigenvalue weighted by atomic mass is 19.4. The van der Waals surface area contributed by atoms with Crippen molar-refractivity contribution >= 4 is 5.69 Å². The number of halogens is 3. The fourth-order valence-electron chi connectivity index (χ4n) is 1.24. The number of nitrogens with two attached hydrogens (primary N) is 1. The lowest BCUT2D eigenvalue weighted by Crippen LogP contribution is -2.25. The maximum Gasteiger partial charge on any atom is 0.416 e. The van der Waals surface area contributed by atoms with Gasteiger partial charge in [-0.25, -0.2) is 0 Å². The van der Waals surface area contributed by atoms with Crippen molar-refractivity contribution in [3.05, 3.63) is 29.3 Å². The molecule has 1 atom stereocenters. The van der Waals surface area contributed by atoms with Crippen molar-refractivity contribution in [2.45, 2.75) is 19.1 Å². The molecule has 3 nitrogen and oxygen atoms in total. The summed E-state index contributed by atoms with van der Waals surface area (Å²) in [7, 11) is 0. The van der Waals surface area contributed by atoms with Crippen LogP contribution in [0.4, 0.5) is 18.9 Å². The first-order valence-electron chi connectivity index (χ1n) is 4.95. The van der Waals surface area contributed by atoms with E-state index in [2.05, 4.69) is 5.32 Å². The first kappa shape index (κ1) is 13.3. The minimum atomic E-state index is -4.44. The lowest BCUT2D eigenvalue weighted by molar-refractivity contribution is -0.137. The Morgan fingerprint density at radius 3 is 2.59 bits per heavy atom. The van der Waals surface area contributed by atoms with E-state index in [-0.39, 0.29) is 11.6 Å². The monoisotopic (exact) mass is 243 g/mol. The molecule has 0 aliphatic heterocycles. The summed E-state index contributed by atoms with van der Waals surface area (Å²) in [4.78, 5) is 0. The van der Waals surface area contributed by atoms with Gasteiger partial charge in [-0.1, -0.05) is 0 Å². The van der Waals surface area contributed by atoms with Crippen LogP contribution in [0.2, 0.25) is 0 Å². The van der Waals surface area contributed by atoms with Crippen molar-refractivity contribution in [2.24, 2.45) is 5.73 Å². The van der Waals surface area contributed by atoms with Gasteiger partial charge in [0.25, 0.3) is 0 Å². The number of anilines is 1. The third-order valence-corrected chi connectivity index (χ3v) is 2.08. The van der Waals surface area contributed by atoms with Gasteiger partial charge in [0.2, 0.25) is 0 Å². The number of hydrogen-bond acceptors (Lipinski definition) is 3. The molecular formula is C11H12F3N3. The van der Waals surface area contributed by atoms with Crippen LogP contribution in [0.1, 0.15) is 18.1 Å². The van der Waals surface area contributed by atoms with Gasteiger partial charge in [0.05, 0.1) is 16.8 Å². The predicted molar refractivity (Wildman–Crippen MR) is 58.3 cm³/mol. The number of benzene rings is 1. The summed E-state index contributed by atoms with van der Waals surface area (Å²) in [6, 6.07) is 4.58. The SMILES string of the molecule is CC(N)CNc1ccc(C(F)(F)F)cc1C#N. The molecule has 0 spiro atoms. The maximum absolute atomic E-state index is 12.4. The highest BCUT2D eigenvalue weighted by Gasteiger charge is 2.31. The van der Waals surface area contributed by atoms with Crippen molar-refractivity contribution < 1.29 is 13.2 Å². The van der Waals surface area contributed by atoms with Crippen LogP contribution in [0.3, 0.4) is 0 Å². The van der Waals surface area contributed by atoms with Gasteiger partial charge in [-0.15, -0.1) is 0 Å². The molecule has 0 heterocycles. The van der Waals surface area contributed by atoms with Crippen molar-refractivity contribution in [2.75, 3.05) is 11.9 Å². The standard InChI is InChI=1S/C11H12F3N3/c1-7(16)6-17-10-3-2-9(11(12,13)14)4-8(10)5-15/h2-4,7,17H,6,16H2,1H3. The molecule has 0 saturated heterocycles. The lowest BCUT2D eigenvalue weighted by atomic mass is 10.1. The average molecular weight is 243 g/mol. The van der Waals surface area contributed by atoms with Gasteiger partial charge in [0, 0.05) is 12.6 Å². The summed E-state index contributed by atoms with van der Waals surface area (Å²) in [5, 5.41) is 11.6. The minimum absolute atomic E-state index is 0.0412. The van der Waals surface area contributed by atoms with Gasteiger partial charge in [-0.2, -0.15) is 18.4 Å². The van der Waals surface area contributed by atoms with E-state index >= 15 is 0 Å². The van der Waals surface area contributed by atoms with Gasteiger partial charge in [0.15, 0.2) is 0 Å². The molecule has 0 radical (unpaired) electrons. The molecule has 0 amide bonds. The van der Waals surface area contributed by atoms with Gasteiger partial charge in [-0.05, 0) is 25.1 Å². The largest absolute Gasteiger partial charge is 0.416 e. The third kappa shape index (κ3) is 3.64.